The number of hydrogen-bond donors (Lipinski definition) is 0. The summed E-state index contributed by atoms with van der Waals surface area (Å²) < 4.78 is 2.08. The van der Waals surface area contributed by atoms with Crippen LogP contribution in [0.25, 0.3) is 11.8 Å². The number of aromatic nitrogens is 2. The van der Waals surface area contributed by atoms with Gasteiger partial charge in [0.2, 0.25) is 0 Å². The Labute approximate surface area is 144 Å². The highest BCUT2D eigenvalue weighted by molar-refractivity contribution is 8.18. The van der Waals surface area contributed by atoms with Crippen molar-refractivity contribution in [1.82, 2.24) is 14.5 Å². The summed E-state index contributed by atoms with van der Waals surface area (Å²) in [4.78, 5) is 29.7. The molecule has 0 N–H and O–H groups in total. The van der Waals surface area contributed by atoms with Gasteiger partial charge in [0.05, 0.1) is 11.4 Å². The lowest BCUT2D eigenvalue weighted by molar-refractivity contribution is -0.122. The molecule has 24 heavy (non-hydrogen) atoms. The van der Waals surface area contributed by atoms with E-state index in [1.165, 1.54) is 0 Å². The first kappa shape index (κ1) is 16.1. The lowest BCUT2D eigenvalue weighted by Gasteiger charge is -2.09. The third kappa shape index (κ3) is 2.74. The molecule has 2 aromatic rings. The van der Waals surface area contributed by atoms with Crippen LogP contribution >= 0.6 is 11.8 Å². The summed E-state index contributed by atoms with van der Waals surface area (Å²) >= 11 is 0.920. The van der Waals surface area contributed by atoms with Gasteiger partial charge in [-0.1, -0.05) is 5.92 Å². The Balaban J connectivity index is 1.99. The van der Waals surface area contributed by atoms with Gasteiger partial charge in [0, 0.05) is 29.5 Å². The first-order chi connectivity index (χ1) is 11.5. The lowest BCUT2D eigenvalue weighted by Crippen LogP contribution is -2.28. The van der Waals surface area contributed by atoms with Crippen molar-refractivity contribution >= 4 is 29.0 Å². The molecule has 120 valence electrons. The number of nitrogens with zero attached hydrogens (tertiary/aromatic N) is 3. The van der Waals surface area contributed by atoms with Crippen LogP contribution in [0.3, 0.4) is 0 Å². The first-order valence-electron chi connectivity index (χ1n) is 7.31. The molecule has 2 aromatic heterocycles. The standard InChI is InChI=1S/C18H15N3O2S/c1-4-9-20-17(22)16(24-18(20)23)11-14-10-12(2)21(13(14)3)15-5-7-19-8-6-15/h1,5-8,10-11H,9H2,2-3H3/b16-11+. The SMILES string of the molecule is C#CCN1C(=O)S/C(=C/c2cc(C)n(-c3ccncc3)c2C)C1=O. The molecule has 1 aliphatic rings. The lowest BCUT2D eigenvalue weighted by atomic mass is 10.2. The summed E-state index contributed by atoms with van der Waals surface area (Å²) in [5, 5.41) is -0.327. The molecule has 0 spiro atoms. The van der Waals surface area contributed by atoms with Crippen molar-refractivity contribution in [2.75, 3.05) is 6.54 Å². The Morgan fingerprint density at radius 1 is 1.29 bits per heavy atom. The zero-order valence-electron chi connectivity index (χ0n) is 13.3. The Morgan fingerprint density at radius 2 is 2.00 bits per heavy atom. The predicted octanol–water partition coefficient (Wildman–Crippen LogP) is 3.16. The van der Waals surface area contributed by atoms with Crippen molar-refractivity contribution in [3.05, 3.63) is 52.4 Å². The smallest absolute Gasteiger partial charge is 0.294 e. The molecule has 0 aliphatic carbocycles. The molecule has 3 heterocycles. The summed E-state index contributed by atoms with van der Waals surface area (Å²) in [6.45, 7) is 3.97. The minimum atomic E-state index is -0.336. The fraction of sp³-hybridized carbons (Fsp3) is 0.167. The molecule has 0 unspecified atom stereocenters. The number of thioether (sulfide) groups is 1. The summed E-state index contributed by atoms with van der Waals surface area (Å²) in [6.07, 6.45) is 10.4. The quantitative estimate of drug-likeness (QED) is 0.638. The zero-order chi connectivity index (χ0) is 17.3. The van der Waals surface area contributed by atoms with Gasteiger partial charge in [-0.05, 0) is 55.4 Å². The van der Waals surface area contributed by atoms with Crippen molar-refractivity contribution in [1.29, 1.82) is 0 Å². The highest BCUT2D eigenvalue weighted by Gasteiger charge is 2.34. The highest BCUT2D eigenvalue weighted by Crippen LogP contribution is 2.33. The van der Waals surface area contributed by atoms with Crippen LogP contribution in [-0.2, 0) is 4.79 Å². The summed E-state index contributed by atoms with van der Waals surface area (Å²) in [5.41, 5.74) is 3.92. The van der Waals surface area contributed by atoms with Gasteiger partial charge in [-0.15, -0.1) is 6.42 Å². The molecule has 5 nitrogen and oxygen atoms in total. The van der Waals surface area contributed by atoms with Gasteiger partial charge in [0.25, 0.3) is 11.1 Å². The maximum absolute atomic E-state index is 12.3. The Morgan fingerprint density at radius 3 is 2.67 bits per heavy atom. The first-order valence-corrected chi connectivity index (χ1v) is 8.12. The van der Waals surface area contributed by atoms with E-state index in [1.807, 2.05) is 32.0 Å². The van der Waals surface area contributed by atoms with Crippen LogP contribution in [0.15, 0.2) is 35.5 Å². The largest absolute Gasteiger partial charge is 0.318 e. The van der Waals surface area contributed by atoms with Crippen molar-refractivity contribution in [2.45, 2.75) is 13.8 Å². The molecule has 1 fully saturated rings. The van der Waals surface area contributed by atoms with Crippen LogP contribution in [0.1, 0.15) is 17.0 Å². The van der Waals surface area contributed by atoms with Gasteiger partial charge in [-0.3, -0.25) is 19.5 Å². The molecular formula is C18H15N3O2S. The number of carbonyl (C=O) groups is 2. The third-order valence-corrected chi connectivity index (χ3v) is 4.71. The number of hydrogen-bond acceptors (Lipinski definition) is 4. The normalized spacial score (nSPS) is 16.0. The van der Waals surface area contributed by atoms with Gasteiger partial charge >= 0.3 is 0 Å². The monoisotopic (exact) mass is 337 g/mol. The van der Waals surface area contributed by atoms with Gasteiger partial charge in [0.15, 0.2) is 0 Å². The molecule has 0 aromatic carbocycles. The molecule has 0 atom stereocenters. The zero-order valence-corrected chi connectivity index (χ0v) is 14.1. The molecule has 1 saturated heterocycles. The number of pyridine rings is 1. The molecule has 0 bridgehead atoms. The number of amides is 2. The highest BCUT2D eigenvalue weighted by atomic mass is 32.2. The number of aryl methyl sites for hydroxylation is 1. The molecule has 2 amide bonds. The second-order valence-electron chi connectivity index (χ2n) is 5.34. The minimum Gasteiger partial charge on any atom is -0.318 e. The minimum absolute atomic E-state index is 0.00194. The van der Waals surface area contributed by atoms with Gasteiger partial charge in [-0.25, -0.2) is 0 Å². The van der Waals surface area contributed by atoms with Gasteiger partial charge in [0.1, 0.15) is 0 Å². The van der Waals surface area contributed by atoms with E-state index in [1.54, 1.807) is 18.5 Å². The van der Waals surface area contributed by atoms with Crippen LogP contribution in [0, 0.1) is 26.2 Å². The van der Waals surface area contributed by atoms with Crippen molar-refractivity contribution < 1.29 is 9.59 Å². The van der Waals surface area contributed by atoms with Crippen molar-refractivity contribution in [3.8, 4) is 18.0 Å². The number of imide groups is 1. The average Bonchev–Trinajstić information content (AvgIpc) is 2.99. The third-order valence-electron chi connectivity index (χ3n) is 3.80. The molecule has 0 radical (unpaired) electrons. The van der Waals surface area contributed by atoms with Crippen LogP contribution < -0.4 is 0 Å². The van der Waals surface area contributed by atoms with Crippen molar-refractivity contribution in [2.24, 2.45) is 0 Å². The summed E-state index contributed by atoms with van der Waals surface area (Å²) in [6, 6.07) is 5.83. The van der Waals surface area contributed by atoms with E-state index in [4.69, 9.17) is 6.42 Å². The van der Waals surface area contributed by atoms with E-state index in [9.17, 15) is 9.59 Å². The van der Waals surface area contributed by atoms with E-state index >= 15 is 0 Å². The second-order valence-corrected chi connectivity index (χ2v) is 6.33. The average molecular weight is 337 g/mol. The molecule has 6 heteroatoms. The Kier molecular flexibility index (Phi) is 4.28. The fourth-order valence-corrected chi connectivity index (χ4v) is 3.52. The maximum atomic E-state index is 12.3. The topological polar surface area (TPSA) is 55.2 Å². The van der Waals surface area contributed by atoms with Crippen LogP contribution in [0.4, 0.5) is 4.79 Å². The Hall–Kier alpha value is -2.78. The van der Waals surface area contributed by atoms with E-state index in [0.717, 1.165) is 39.3 Å². The van der Waals surface area contributed by atoms with Crippen LogP contribution in [0.2, 0.25) is 0 Å². The van der Waals surface area contributed by atoms with Crippen LogP contribution in [0.5, 0.6) is 0 Å². The molecular weight excluding hydrogens is 322 g/mol. The molecule has 3 rings (SSSR count). The van der Waals surface area contributed by atoms with E-state index in [2.05, 4.69) is 15.5 Å². The summed E-state index contributed by atoms with van der Waals surface area (Å²) in [7, 11) is 0. The van der Waals surface area contributed by atoms with Crippen molar-refractivity contribution in [3.63, 3.8) is 0 Å². The predicted molar refractivity (Wildman–Crippen MR) is 94.5 cm³/mol. The second kappa shape index (κ2) is 6.38. The maximum Gasteiger partial charge on any atom is 0.294 e. The molecule has 0 saturated carbocycles. The number of carbonyl (C=O) groups excluding carboxylic acids is 2. The Bertz CT molecular complexity index is 891. The van der Waals surface area contributed by atoms with Crippen LogP contribution in [-0.4, -0.2) is 32.1 Å². The van der Waals surface area contributed by atoms with E-state index in [-0.39, 0.29) is 17.7 Å². The molecule has 1 aliphatic heterocycles. The number of rotatable bonds is 3. The van der Waals surface area contributed by atoms with E-state index in [0.29, 0.717) is 4.91 Å². The summed E-state index contributed by atoms with van der Waals surface area (Å²) in [5.74, 6) is 2.00. The van der Waals surface area contributed by atoms with Gasteiger partial charge < -0.3 is 4.57 Å². The number of terminal acetylenes is 1. The van der Waals surface area contributed by atoms with Gasteiger partial charge in [-0.2, -0.15) is 0 Å². The fourth-order valence-electron chi connectivity index (χ4n) is 2.69. The van der Waals surface area contributed by atoms with E-state index < -0.39 is 0 Å².